The van der Waals surface area contributed by atoms with Gasteiger partial charge in [-0.05, 0) is 17.5 Å². The average Bonchev–Trinajstić information content (AvgIpc) is 2.41. The number of carbonyl (C=O) groups is 1. The molecular formula is C15H20N2O2. The monoisotopic (exact) mass is 260 g/mol. The summed E-state index contributed by atoms with van der Waals surface area (Å²) in [5.41, 5.74) is 2.53. The lowest BCUT2D eigenvalue weighted by molar-refractivity contribution is -0.135. The molecule has 1 N–H and O–H groups in total. The maximum atomic E-state index is 12.5. The van der Waals surface area contributed by atoms with E-state index in [0.717, 1.165) is 32.6 Å². The first-order valence-corrected chi connectivity index (χ1v) is 6.99. The maximum Gasteiger partial charge on any atom is 0.230 e. The van der Waals surface area contributed by atoms with Gasteiger partial charge in [0.2, 0.25) is 5.91 Å². The zero-order chi connectivity index (χ0) is 13.2. The Hall–Kier alpha value is -1.39. The highest BCUT2D eigenvalue weighted by atomic mass is 16.3. The Kier molecular flexibility index (Phi) is 3.53. The van der Waals surface area contributed by atoms with Crippen LogP contribution in [-0.2, 0) is 11.2 Å². The Morgan fingerprint density at radius 2 is 1.95 bits per heavy atom. The van der Waals surface area contributed by atoms with Crippen LogP contribution in [0.4, 0.5) is 0 Å². The summed E-state index contributed by atoms with van der Waals surface area (Å²) in [6.07, 6.45) is 0.895. The molecule has 1 atom stereocenters. The minimum absolute atomic E-state index is 0.0839. The van der Waals surface area contributed by atoms with Crippen molar-refractivity contribution in [2.24, 2.45) is 0 Å². The molecule has 1 fully saturated rings. The predicted molar refractivity (Wildman–Crippen MR) is 73.0 cm³/mol. The standard InChI is InChI=1S/C15H20N2O2/c18-10-9-16-5-7-17(8-6-16)15(19)14-11-12-3-1-2-4-13(12)14/h1-4,14,18H,5-11H2. The van der Waals surface area contributed by atoms with Crippen LogP contribution in [0.1, 0.15) is 17.0 Å². The molecule has 4 nitrogen and oxygen atoms in total. The van der Waals surface area contributed by atoms with E-state index in [1.807, 2.05) is 17.0 Å². The molecule has 1 aliphatic heterocycles. The first-order valence-electron chi connectivity index (χ1n) is 6.99. The number of aliphatic hydroxyl groups is 1. The van der Waals surface area contributed by atoms with Gasteiger partial charge in [0.05, 0.1) is 12.5 Å². The highest BCUT2D eigenvalue weighted by Gasteiger charge is 2.35. The number of carbonyl (C=O) groups excluding carboxylic acids is 1. The van der Waals surface area contributed by atoms with Crippen LogP contribution in [0.25, 0.3) is 0 Å². The quantitative estimate of drug-likeness (QED) is 0.859. The second-order valence-electron chi connectivity index (χ2n) is 5.35. The molecule has 0 spiro atoms. The van der Waals surface area contributed by atoms with Crippen molar-refractivity contribution in [3.63, 3.8) is 0 Å². The molecular weight excluding hydrogens is 240 g/mol. The van der Waals surface area contributed by atoms with Crippen molar-refractivity contribution in [3.05, 3.63) is 35.4 Å². The Morgan fingerprint density at radius 1 is 1.21 bits per heavy atom. The molecule has 1 aliphatic carbocycles. The van der Waals surface area contributed by atoms with Gasteiger partial charge in [-0.15, -0.1) is 0 Å². The molecule has 1 aromatic carbocycles. The summed E-state index contributed by atoms with van der Waals surface area (Å²) < 4.78 is 0. The van der Waals surface area contributed by atoms with E-state index in [9.17, 15) is 4.79 Å². The van der Waals surface area contributed by atoms with Crippen LogP contribution < -0.4 is 0 Å². The summed E-state index contributed by atoms with van der Waals surface area (Å²) in [6, 6.07) is 8.23. The number of aliphatic hydroxyl groups excluding tert-OH is 1. The molecule has 0 saturated carbocycles. The fraction of sp³-hybridized carbons (Fsp3) is 0.533. The van der Waals surface area contributed by atoms with E-state index >= 15 is 0 Å². The Balaban J connectivity index is 1.59. The summed E-state index contributed by atoms with van der Waals surface area (Å²) in [5, 5.41) is 8.92. The molecule has 19 heavy (non-hydrogen) atoms. The van der Waals surface area contributed by atoms with E-state index in [1.54, 1.807) is 0 Å². The first-order chi connectivity index (χ1) is 9.29. The van der Waals surface area contributed by atoms with Crippen molar-refractivity contribution in [1.82, 2.24) is 9.80 Å². The van der Waals surface area contributed by atoms with Crippen molar-refractivity contribution >= 4 is 5.91 Å². The third-order valence-electron chi connectivity index (χ3n) is 4.25. The van der Waals surface area contributed by atoms with E-state index in [-0.39, 0.29) is 18.4 Å². The van der Waals surface area contributed by atoms with Crippen molar-refractivity contribution in [2.75, 3.05) is 39.3 Å². The van der Waals surface area contributed by atoms with E-state index in [4.69, 9.17) is 5.11 Å². The average molecular weight is 260 g/mol. The second kappa shape index (κ2) is 5.31. The zero-order valence-electron chi connectivity index (χ0n) is 11.1. The van der Waals surface area contributed by atoms with Gasteiger partial charge in [0.1, 0.15) is 0 Å². The van der Waals surface area contributed by atoms with Gasteiger partial charge in [0.15, 0.2) is 0 Å². The Morgan fingerprint density at radius 3 is 2.63 bits per heavy atom. The van der Waals surface area contributed by atoms with Crippen molar-refractivity contribution in [3.8, 4) is 0 Å². The molecule has 102 valence electrons. The number of fused-ring (bicyclic) bond motifs is 1. The molecule has 1 unspecified atom stereocenters. The zero-order valence-corrected chi connectivity index (χ0v) is 11.1. The predicted octanol–water partition coefficient (Wildman–Crippen LogP) is 0.463. The van der Waals surface area contributed by atoms with Crippen LogP contribution in [0, 0.1) is 0 Å². The molecule has 0 bridgehead atoms. The normalized spacial score (nSPS) is 22.8. The summed E-state index contributed by atoms with van der Waals surface area (Å²) in [6.45, 7) is 4.24. The van der Waals surface area contributed by atoms with Crippen molar-refractivity contribution < 1.29 is 9.90 Å². The van der Waals surface area contributed by atoms with Crippen LogP contribution in [-0.4, -0.2) is 60.1 Å². The van der Waals surface area contributed by atoms with Crippen LogP contribution in [0.5, 0.6) is 0 Å². The number of hydrogen-bond donors (Lipinski definition) is 1. The van der Waals surface area contributed by atoms with Gasteiger partial charge in [-0.3, -0.25) is 9.69 Å². The number of hydrogen-bond acceptors (Lipinski definition) is 3. The summed E-state index contributed by atoms with van der Waals surface area (Å²) in [7, 11) is 0. The van der Waals surface area contributed by atoms with Gasteiger partial charge in [0, 0.05) is 32.7 Å². The molecule has 1 saturated heterocycles. The number of piperazine rings is 1. The van der Waals surface area contributed by atoms with Crippen LogP contribution in [0.2, 0.25) is 0 Å². The summed E-state index contributed by atoms with van der Waals surface area (Å²) in [4.78, 5) is 16.7. The lowest BCUT2D eigenvalue weighted by Gasteiger charge is -2.39. The molecule has 4 heteroatoms. The van der Waals surface area contributed by atoms with E-state index in [1.165, 1.54) is 11.1 Å². The minimum atomic E-state index is 0.0839. The SMILES string of the molecule is O=C(C1Cc2ccccc21)N1CCN(CCO)CC1. The van der Waals surface area contributed by atoms with Gasteiger partial charge in [-0.25, -0.2) is 0 Å². The van der Waals surface area contributed by atoms with Gasteiger partial charge < -0.3 is 10.0 Å². The highest BCUT2D eigenvalue weighted by Crippen LogP contribution is 2.36. The van der Waals surface area contributed by atoms with Crippen LogP contribution in [0.15, 0.2) is 24.3 Å². The Labute approximate surface area is 113 Å². The van der Waals surface area contributed by atoms with Gasteiger partial charge in [0.25, 0.3) is 0 Å². The number of β-amino-alcohol motifs (C(OH)–C–C–N with tert-alkyl or cyclic N) is 1. The number of benzene rings is 1. The third-order valence-corrected chi connectivity index (χ3v) is 4.25. The number of amides is 1. The molecule has 3 rings (SSSR count). The number of rotatable bonds is 3. The van der Waals surface area contributed by atoms with E-state index in [2.05, 4.69) is 17.0 Å². The lowest BCUT2D eigenvalue weighted by Crippen LogP contribution is -2.51. The van der Waals surface area contributed by atoms with Crippen molar-refractivity contribution in [2.45, 2.75) is 12.3 Å². The largest absolute Gasteiger partial charge is 0.395 e. The molecule has 1 aromatic rings. The van der Waals surface area contributed by atoms with Gasteiger partial charge in [-0.2, -0.15) is 0 Å². The third kappa shape index (κ3) is 2.38. The molecule has 1 heterocycles. The number of nitrogens with zero attached hydrogens (tertiary/aromatic N) is 2. The van der Waals surface area contributed by atoms with Crippen LogP contribution in [0.3, 0.4) is 0 Å². The second-order valence-corrected chi connectivity index (χ2v) is 5.35. The smallest absolute Gasteiger partial charge is 0.230 e. The van der Waals surface area contributed by atoms with E-state index in [0.29, 0.717) is 6.54 Å². The molecule has 1 amide bonds. The molecule has 0 aromatic heterocycles. The summed E-state index contributed by atoms with van der Waals surface area (Å²) >= 11 is 0. The fourth-order valence-corrected chi connectivity index (χ4v) is 3.03. The highest BCUT2D eigenvalue weighted by molar-refractivity contribution is 5.87. The first kappa shape index (κ1) is 12.6. The molecule has 2 aliphatic rings. The fourth-order valence-electron chi connectivity index (χ4n) is 3.03. The Bertz CT molecular complexity index is 467. The molecule has 0 radical (unpaired) electrons. The van der Waals surface area contributed by atoms with Crippen LogP contribution >= 0.6 is 0 Å². The van der Waals surface area contributed by atoms with Gasteiger partial charge >= 0.3 is 0 Å². The van der Waals surface area contributed by atoms with Gasteiger partial charge in [-0.1, -0.05) is 24.3 Å². The van der Waals surface area contributed by atoms with Crippen molar-refractivity contribution in [1.29, 1.82) is 0 Å². The summed E-state index contributed by atoms with van der Waals surface area (Å²) in [5.74, 6) is 0.364. The topological polar surface area (TPSA) is 43.8 Å². The van der Waals surface area contributed by atoms with E-state index < -0.39 is 0 Å². The minimum Gasteiger partial charge on any atom is -0.395 e. The lowest BCUT2D eigenvalue weighted by atomic mass is 9.77. The maximum absolute atomic E-state index is 12.5.